The molecule has 0 fully saturated rings. The minimum Gasteiger partial charge on any atom is -0.506 e. The molecule has 0 aliphatic carbocycles. The Balaban J connectivity index is 0.000000605. The number of benzene rings is 1. The second-order valence-corrected chi connectivity index (χ2v) is 1.99. The van der Waals surface area contributed by atoms with Gasteiger partial charge in [-0.2, -0.15) is 0 Å². The maximum atomic E-state index is 9.14. The van der Waals surface area contributed by atoms with E-state index >= 15 is 0 Å². The van der Waals surface area contributed by atoms with Crippen LogP contribution in [0.2, 0.25) is 0 Å². The highest BCUT2D eigenvalue weighted by Crippen LogP contribution is 2.18. The molecule has 11 heavy (non-hydrogen) atoms. The maximum Gasteiger partial charge on any atom is 0.154 e. The van der Waals surface area contributed by atoms with Crippen LogP contribution in [0.3, 0.4) is 0 Å². The molecule has 2 N–H and O–H groups in total. The van der Waals surface area contributed by atoms with Crippen molar-refractivity contribution in [3.05, 3.63) is 18.2 Å². The van der Waals surface area contributed by atoms with Crippen LogP contribution in [0.25, 0.3) is 11.0 Å². The number of aromatic hydroxyl groups is 1. The molecule has 4 nitrogen and oxygen atoms in total. The summed E-state index contributed by atoms with van der Waals surface area (Å²) in [5, 5.41) is 19.0. The largest absolute Gasteiger partial charge is 0.506 e. The summed E-state index contributed by atoms with van der Waals surface area (Å²) in [6.07, 6.45) is 0. The maximum absolute atomic E-state index is 9.14. The van der Waals surface area contributed by atoms with E-state index in [1.807, 2.05) is 0 Å². The van der Waals surface area contributed by atoms with E-state index in [1.165, 1.54) is 0 Å². The van der Waals surface area contributed by atoms with Crippen molar-refractivity contribution in [1.29, 1.82) is 0 Å². The van der Waals surface area contributed by atoms with Gasteiger partial charge in [-0.05, 0) is 12.1 Å². The summed E-state index contributed by atoms with van der Waals surface area (Å²) in [5.41, 5.74) is 1.27. The number of phenolic OH excluding ortho intramolecular Hbond substituents is 1. The summed E-state index contributed by atoms with van der Waals surface area (Å²) in [6, 6.07) is 5.11. The molecular formula is C6H6ClN3O. The third-order valence-electron chi connectivity index (χ3n) is 1.34. The lowest BCUT2D eigenvalue weighted by atomic mass is 10.3. The molecule has 0 saturated carbocycles. The summed E-state index contributed by atoms with van der Waals surface area (Å²) in [6.45, 7) is 0. The predicted molar refractivity (Wildman–Crippen MR) is 42.8 cm³/mol. The van der Waals surface area contributed by atoms with Gasteiger partial charge in [-0.25, -0.2) is 0 Å². The van der Waals surface area contributed by atoms with Crippen molar-refractivity contribution in [3.63, 3.8) is 0 Å². The van der Waals surface area contributed by atoms with Gasteiger partial charge in [-0.15, -0.1) is 17.5 Å². The standard InChI is InChI=1S/C6H5N3O.ClH/c10-5-3-1-2-4-6(5)8-9-7-4;/h1-3,10H,(H,7,8,9);1H. The fourth-order valence-electron chi connectivity index (χ4n) is 0.856. The first kappa shape index (κ1) is 7.81. The minimum atomic E-state index is 0. The van der Waals surface area contributed by atoms with Crippen LogP contribution in [0.1, 0.15) is 0 Å². The average Bonchev–Trinajstić information content (AvgIpc) is 2.36. The van der Waals surface area contributed by atoms with Gasteiger partial charge in [0.15, 0.2) is 5.52 Å². The summed E-state index contributed by atoms with van der Waals surface area (Å²) in [7, 11) is 0. The molecule has 0 amide bonds. The van der Waals surface area contributed by atoms with Gasteiger partial charge in [0, 0.05) is 0 Å². The molecule has 0 spiro atoms. The molecule has 2 aromatic rings. The zero-order chi connectivity index (χ0) is 6.97. The molecule has 1 aromatic carbocycles. The van der Waals surface area contributed by atoms with E-state index < -0.39 is 0 Å². The third kappa shape index (κ3) is 1.12. The summed E-state index contributed by atoms with van der Waals surface area (Å²) in [4.78, 5) is 0. The normalized spacial score (nSPS) is 9.45. The van der Waals surface area contributed by atoms with Crippen LogP contribution in [-0.2, 0) is 0 Å². The number of fused-ring (bicyclic) bond motifs is 1. The third-order valence-corrected chi connectivity index (χ3v) is 1.34. The molecule has 0 aliphatic heterocycles. The van der Waals surface area contributed by atoms with Crippen LogP contribution in [-0.4, -0.2) is 20.5 Å². The van der Waals surface area contributed by atoms with Gasteiger partial charge in [0.25, 0.3) is 0 Å². The van der Waals surface area contributed by atoms with Crippen molar-refractivity contribution in [1.82, 2.24) is 15.4 Å². The summed E-state index contributed by atoms with van der Waals surface area (Å²) in [5.74, 6) is 0.159. The van der Waals surface area contributed by atoms with Crippen LogP contribution in [0.5, 0.6) is 5.75 Å². The first-order valence-corrected chi connectivity index (χ1v) is 2.86. The predicted octanol–water partition coefficient (Wildman–Crippen LogP) is 1.09. The number of halogens is 1. The van der Waals surface area contributed by atoms with E-state index in [2.05, 4.69) is 15.4 Å². The highest BCUT2D eigenvalue weighted by atomic mass is 35.5. The van der Waals surface area contributed by atoms with Gasteiger partial charge in [0.2, 0.25) is 0 Å². The molecule has 0 radical (unpaired) electrons. The number of hydrogen-bond acceptors (Lipinski definition) is 3. The van der Waals surface area contributed by atoms with Crippen LogP contribution in [0.15, 0.2) is 18.2 Å². The van der Waals surface area contributed by atoms with Gasteiger partial charge < -0.3 is 5.11 Å². The number of rotatable bonds is 0. The number of nitrogens with zero attached hydrogens (tertiary/aromatic N) is 2. The Hall–Kier alpha value is -1.29. The fraction of sp³-hybridized carbons (Fsp3) is 0. The van der Waals surface area contributed by atoms with Crippen molar-refractivity contribution in [2.24, 2.45) is 0 Å². The molecule has 1 aromatic heterocycles. The second kappa shape index (κ2) is 2.75. The van der Waals surface area contributed by atoms with Crippen LogP contribution in [0, 0.1) is 0 Å². The smallest absolute Gasteiger partial charge is 0.154 e. The van der Waals surface area contributed by atoms with Crippen molar-refractivity contribution in [2.75, 3.05) is 0 Å². The van der Waals surface area contributed by atoms with Gasteiger partial charge in [0.1, 0.15) is 5.75 Å². The monoisotopic (exact) mass is 171 g/mol. The summed E-state index contributed by atoms with van der Waals surface area (Å²) < 4.78 is 0. The molecule has 0 saturated heterocycles. The zero-order valence-corrected chi connectivity index (χ0v) is 6.30. The molecule has 5 heteroatoms. The molecule has 0 aliphatic rings. The minimum absolute atomic E-state index is 0. The van der Waals surface area contributed by atoms with Crippen LogP contribution >= 0.6 is 12.4 Å². The van der Waals surface area contributed by atoms with E-state index in [1.54, 1.807) is 18.2 Å². The van der Waals surface area contributed by atoms with Crippen molar-refractivity contribution in [2.45, 2.75) is 0 Å². The molecule has 58 valence electrons. The number of phenols is 1. The first-order chi connectivity index (χ1) is 4.88. The lowest BCUT2D eigenvalue weighted by Gasteiger charge is -1.87. The zero-order valence-electron chi connectivity index (χ0n) is 5.48. The second-order valence-electron chi connectivity index (χ2n) is 1.99. The van der Waals surface area contributed by atoms with Crippen molar-refractivity contribution >= 4 is 23.4 Å². The Morgan fingerprint density at radius 1 is 1.36 bits per heavy atom. The van der Waals surface area contributed by atoms with E-state index in [0.29, 0.717) is 5.52 Å². The Bertz CT molecular complexity index is 359. The topological polar surface area (TPSA) is 61.8 Å². The van der Waals surface area contributed by atoms with E-state index in [9.17, 15) is 0 Å². The van der Waals surface area contributed by atoms with Crippen molar-refractivity contribution in [3.8, 4) is 5.75 Å². The SMILES string of the molecule is Cl.Oc1cccc2[nH]nnc12. The number of aromatic amines is 1. The van der Waals surface area contributed by atoms with Gasteiger partial charge >= 0.3 is 0 Å². The van der Waals surface area contributed by atoms with Crippen LogP contribution in [0.4, 0.5) is 0 Å². The Morgan fingerprint density at radius 2 is 2.18 bits per heavy atom. The molecule has 0 bridgehead atoms. The fourth-order valence-corrected chi connectivity index (χ4v) is 0.856. The number of aromatic nitrogens is 3. The van der Waals surface area contributed by atoms with Gasteiger partial charge in [-0.3, -0.25) is 5.10 Å². The Kier molecular flexibility index (Phi) is 1.96. The first-order valence-electron chi connectivity index (χ1n) is 2.86. The lowest BCUT2D eigenvalue weighted by Crippen LogP contribution is -1.68. The lowest BCUT2D eigenvalue weighted by molar-refractivity contribution is 0.480. The highest BCUT2D eigenvalue weighted by molar-refractivity contribution is 5.85. The quantitative estimate of drug-likeness (QED) is 0.624. The highest BCUT2D eigenvalue weighted by Gasteiger charge is 1.99. The van der Waals surface area contributed by atoms with E-state index in [-0.39, 0.29) is 18.2 Å². The van der Waals surface area contributed by atoms with Gasteiger partial charge in [-0.1, -0.05) is 11.3 Å². The Morgan fingerprint density at radius 3 is 2.91 bits per heavy atom. The molecule has 2 rings (SSSR count). The van der Waals surface area contributed by atoms with Gasteiger partial charge in [0.05, 0.1) is 5.52 Å². The van der Waals surface area contributed by atoms with E-state index in [0.717, 1.165) is 5.52 Å². The average molecular weight is 172 g/mol. The Labute approximate surface area is 68.6 Å². The van der Waals surface area contributed by atoms with Crippen molar-refractivity contribution < 1.29 is 5.11 Å². The number of nitrogens with one attached hydrogen (secondary N) is 1. The van der Waals surface area contributed by atoms with E-state index in [4.69, 9.17) is 5.11 Å². The number of hydrogen-bond donors (Lipinski definition) is 2. The molecule has 1 heterocycles. The number of H-pyrrole nitrogens is 1. The van der Waals surface area contributed by atoms with Crippen LogP contribution < -0.4 is 0 Å². The molecule has 0 atom stereocenters. The molecule has 0 unspecified atom stereocenters. The summed E-state index contributed by atoms with van der Waals surface area (Å²) >= 11 is 0. The molecular weight excluding hydrogens is 166 g/mol.